The molecule has 0 unspecified atom stereocenters. The van der Waals surface area contributed by atoms with Gasteiger partial charge in [0.25, 0.3) is 0 Å². The Bertz CT molecular complexity index is 721. The van der Waals surface area contributed by atoms with Crippen molar-refractivity contribution in [3.8, 4) is 0 Å². The van der Waals surface area contributed by atoms with Gasteiger partial charge in [0.2, 0.25) is 10.0 Å². The van der Waals surface area contributed by atoms with Crippen LogP contribution in [0.3, 0.4) is 0 Å². The number of nitrogens with zero attached hydrogens (tertiary/aromatic N) is 1. The van der Waals surface area contributed by atoms with Gasteiger partial charge in [-0.3, -0.25) is 0 Å². The Labute approximate surface area is 141 Å². The van der Waals surface area contributed by atoms with Gasteiger partial charge < -0.3 is 0 Å². The minimum Gasteiger partial charge on any atom is -0.250 e. The molecule has 4 nitrogen and oxygen atoms in total. The molecular weight excluding hydrogens is 328 g/mol. The Hall–Kier alpha value is -1.37. The van der Waals surface area contributed by atoms with Crippen LogP contribution < -0.4 is 4.72 Å². The van der Waals surface area contributed by atoms with E-state index >= 15 is 0 Å². The number of thioether (sulfide) groups is 1. The highest BCUT2D eigenvalue weighted by Crippen LogP contribution is 2.33. The van der Waals surface area contributed by atoms with E-state index in [0.717, 1.165) is 30.7 Å². The summed E-state index contributed by atoms with van der Waals surface area (Å²) in [6, 6.07) is 14.3. The molecule has 1 aliphatic carbocycles. The number of hydrogen-bond acceptors (Lipinski definition) is 4. The van der Waals surface area contributed by atoms with E-state index in [9.17, 15) is 8.42 Å². The molecule has 1 N–H and O–H groups in total. The van der Waals surface area contributed by atoms with Gasteiger partial charge in [0.05, 0.1) is 9.92 Å². The first kappa shape index (κ1) is 16.5. The van der Waals surface area contributed by atoms with Crippen molar-refractivity contribution in [2.45, 2.75) is 46.9 Å². The van der Waals surface area contributed by atoms with Crippen LogP contribution in [0, 0.1) is 0 Å². The number of aromatic nitrogens is 1. The molecule has 23 heavy (non-hydrogen) atoms. The number of rotatable bonds is 5. The van der Waals surface area contributed by atoms with Gasteiger partial charge in [-0.1, -0.05) is 37.1 Å². The molecular formula is C17H20N2O2S2. The van der Waals surface area contributed by atoms with E-state index in [0.29, 0.717) is 4.90 Å². The lowest BCUT2D eigenvalue weighted by Gasteiger charge is -2.31. The molecule has 1 aromatic carbocycles. The molecule has 2 atom stereocenters. The first-order chi connectivity index (χ1) is 11.1. The van der Waals surface area contributed by atoms with Crippen molar-refractivity contribution >= 4 is 21.8 Å². The lowest BCUT2D eigenvalue weighted by Crippen LogP contribution is -2.43. The van der Waals surface area contributed by atoms with Crippen molar-refractivity contribution in [1.29, 1.82) is 0 Å². The zero-order valence-electron chi connectivity index (χ0n) is 12.8. The average molecular weight is 348 g/mol. The van der Waals surface area contributed by atoms with Crippen molar-refractivity contribution in [3.63, 3.8) is 0 Å². The minimum atomic E-state index is -3.47. The molecule has 1 saturated carbocycles. The van der Waals surface area contributed by atoms with E-state index in [1.165, 1.54) is 0 Å². The Balaban J connectivity index is 1.74. The summed E-state index contributed by atoms with van der Waals surface area (Å²) in [6.45, 7) is 0. The summed E-state index contributed by atoms with van der Waals surface area (Å²) < 4.78 is 28.0. The maximum Gasteiger partial charge on any atom is 0.240 e. The van der Waals surface area contributed by atoms with Crippen LogP contribution >= 0.6 is 11.8 Å². The van der Waals surface area contributed by atoms with E-state index in [4.69, 9.17) is 0 Å². The summed E-state index contributed by atoms with van der Waals surface area (Å²) in [5.41, 5.74) is 0. The number of nitrogens with one attached hydrogen (secondary N) is 1. The highest BCUT2D eigenvalue weighted by Gasteiger charge is 2.30. The normalized spacial score (nSPS) is 21.9. The predicted molar refractivity (Wildman–Crippen MR) is 92.9 cm³/mol. The van der Waals surface area contributed by atoms with Crippen LogP contribution in [-0.4, -0.2) is 24.7 Å². The van der Waals surface area contributed by atoms with E-state index < -0.39 is 10.0 Å². The van der Waals surface area contributed by atoms with Crippen molar-refractivity contribution in [3.05, 3.63) is 54.7 Å². The van der Waals surface area contributed by atoms with Crippen LogP contribution in [0.2, 0.25) is 0 Å². The second kappa shape index (κ2) is 7.47. The molecule has 0 aliphatic heterocycles. The Kier molecular flexibility index (Phi) is 5.35. The first-order valence-corrected chi connectivity index (χ1v) is 10.2. The third-order valence-corrected chi connectivity index (χ3v) is 6.83. The van der Waals surface area contributed by atoms with Gasteiger partial charge in [-0.25, -0.2) is 18.1 Å². The van der Waals surface area contributed by atoms with E-state index in [2.05, 4.69) is 9.71 Å². The fraction of sp³-hybridized carbons (Fsp3) is 0.353. The predicted octanol–water partition coefficient (Wildman–Crippen LogP) is 3.46. The highest BCUT2D eigenvalue weighted by molar-refractivity contribution is 8.00. The largest absolute Gasteiger partial charge is 0.250 e. The van der Waals surface area contributed by atoms with Crippen LogP contribution in [0.1, 0.15) is 25.7 Å². The smallest absolute Gasteiger partial charge is 0.240 e. The molecule has 0 bridgehead atoms. The molecule has 3 rings (SSSR count). The molecule has 122 valence electrons. The van der Waals surface area contributed by atoms with E-state index in [1.54, 1.807) is 42.2 Å². The Morgan fingerprint density at radius 2 is 1.74 bits per heavy atom. The minimum absolute atomic E-state index is 0.0547. The molecule has 2 aromatic rings. The monoisotopic (exact) mass is 348 g/mol. The zero-order valence-corrected chi connectivity index (χ0v) is 14.4. The van der Waals surface area contributed by atoms with Gasteiger partial charge in [-0.05, 0) is 37.1 Å². The standard InChI is InChI=1S/C17H20N2O2S2/c20-23(21,14-8-2-1-3-9-14)19-15-10-4-5-11-16(15)22-17-12-6-7-13-18-17/h1-3,6-9,12-13,15-16,19H,4-5,10-11H2/t15-,16+/m0/s1. The molecule has 1 aromatic heterocycles. The van der Waals surface area contributed by atoms with Gasteiger partial charge in [0.15, 0.2) is 0 Å². The second-order valence-corrected chi connectivity index (χ2v) is 8.62. The van der Waals surface area contributed by atoms with Gasteiger partial charge >= 0.3 is 0 Å². The van der Waals surface area contributed by atoms with Crippen molar-refractivity contribution in [2.24, 2.45) is 0 Å². The first-order valence-electron chi connectivity index (χ1n) is 7.80. The lowest BCUT2D eigenvalue weighted by atomic mass is 9.96. The number of benzene rings is 1. The number of pyridine rings is 1. The molecule has 6 heteroatoms. The van der Waals surface area contributed by atoms with Crippen LogP contribution in [0.5, 0.6) is 0 Å². The molecule has 0 spiro atoms. The third-order valence-electron chi connectivity index (χ3n) is 3.97. The molecule has 0 radical (unpaired) electrons. The highest BCUT2D eigenvalue weighted by atomic mass is 32.2. The van der Waals surface area contributed by atoms with Crippen molar-refractivity contribution in [1.82, 2.24) is 9.71 Å². The van der Waals surface area contributed by atoms with Crippen molar-refractivity contribution < 1.29 is 8.42 Å². The summed E-state index contributed by atoms with van der Waals surface area (Å²) in [5.74, 6) is 0. The lowest BCUT2D eigenvalue weighted by molar-refractivity contribution is 0.422. The summed E-state index contributed by atoms with van der Waals surface area (Å²) in [5, 5.41) is 1.17. The molecule has 1 heterocycles. The van der Waals surface area contributed by atoms with Gasteiger partial charge in [-0.15, -0.1) is 11.8 Å². The Morgan fingerprint density at radius 3 is 2.48 bits per heavy atom. The van der Waals surface area contributed by atoms with Crippen LogP contribution in [0.4, 0.5) is 0 Å². The summed E-state index contributed by atoms with van der Waals surface area (Å²) in [6.07, 6.45) is 5.84. The van der Waals surface area contributed by atoms with Gasteiger partial charge in [-0.2, -0.15) is 0 Å². The fourth-order valence-electron chi connectivity index (χ4n) is 2.81. The number of hydrogen-bond donors (Lipinski definition) is 1. The summed E-state index contributed by atoms with van der Waals surface area (Å²) in [4.78, 5) is 4.67. The topological polar surface area (TPSA) is 59.1 Å². The van der Waals surface area contributed by atoms with Gasteiger partial charge in [0, 0.05) is 17.5 Å². The summed E-state index contributed by atoms with van der Waals surface area (Å²) >= 11 is 1.67. The maximum absolute atomic E-state index is 12.6. The Morgan fingerprint density at radius 1 is 1.00 bits per heavy atom. The van der Waals surface area contributed by atoms with Crippen LogP contribution in [0.25, 0.3) is 0 Å². The van der Waals surface area contributed by atoms with Crippen LogP contribution in [-0.2, 0) is 10.0 Å². The summed E-state index contributed by atoms with van der Waals surface area (Å²) in [7, 11) is -3.47. The quantitative estimate of drug-likeness (QED) is 0.899. The average Bonchev–Trinajstić information content (AvgIpc) is 2.58. The fourth-order valence-corrected chi connectivity index (χ4v) is 5.47. The number of sulfonamides is 1. The maximum atomic E-state index is 12.6. The third kappa shape index (κ3) is 4.34. The molecule has 1 aliphatic rings. The molecule has 0 saturated heterocycles. The van der Waals surface area contributed by atoms with E-state index in [1.807, 2.05) is 24.3 Å². The second-order valence-electron chi connectivity index (χ2n) is 5.65. The molecule has 1 fully saturated rings. The van der Waals surface area contributed by atoms with E-state index in [-0.39, 0.29) is 11.3 Å². The molecule has 0 amide bonds. The SMILES string of the molecule is O=S(=O)(N[C@H]1CCCC[C@H]1Sc1ccccn1)c1ccccc1. The van der Waals surface area contributed by atoms with Crippen LogP contribution in [0.15, 0.2) is 64.6 Å². The van der Waals surface area contributed by atoms with Gasteiger partial charge in [0.1, 0.15) is 0 Å². The van der Waals surface area contributed by atoms with Crippen molar-refractivity contribution in [2.75, 3.05) is 0 Å². The zero-order chi connectivity index (χ0) is 16.1.